The highest BCUT2D eigenvalue weighted by molar-refractivity contribution is 9.11. The van der Waals surface area contributed by atoms with E-state index >= 15 is 0 Å². The van der Waals surface area contributed by atoms with Crippen LogP contribution in [-0.2, 0) is 0 Å². The van der Waals surface area contributed by atoms with Gasteiger partial charge in [0, 0.05) is 11.9 Å². The molecule has 0 saturated heterocycles. The van der Waals surface area contributed by atoms with Crippen LogP contribution in [0.4, 0.5) is 0 Å². The summed E-state index contributed by atoms with van der Waals surface area (Å²) in [4.78, 5) is 3.22. The molecule has 0 amide bonds. The zero-order valence-electron chi connectivity index (χ0n) is 7.75. The van der Waals surface area contributed by atoms with Crippen LogP contribution in [0.3, 0.4) is 0 Å². The van der Waals surface area contributed by atoms with Crippen molar-refractivity contribution in [2.24, 2.45) is 0 Å². The van der Waals surface area contributed by atoms with Gasteiger partial charge in [0.2, 0.25) is 0 Å². The lowest BCUT2D eigenvalue weighted by Crippen LogP contribution is -2.17. The fraction of sp³-hybridized carbons (Fsp3) is 0.200. The van der Waals surface area contributed by atoms with Gasteiger partial charge in [-0.1, -0.05) is 0 Å². The number of aromatic amines is 1. The number of thiophene rings is 1. The van der Waals surface area contributed by atoms with Gasteiger partial charge in [0.25, 0.3) is 0 Å². The zero-order valence-corrected chi connectivity index (χ0v) is 10.2. The third-order valence-corrected chi connectivity index (χ3v) is 3.67. The molecule has 74 valence electrons. The van der Waals surface area contributed by atoms with Crippen molar-refractivity contribution in [3.8, 4) is 0 Å². The van der Waals surface area contributed by atoms with Gasteiger partial charge in [0.1, 0.15) is 0 Å². The molecular weight excluding hydrogens is 260 g/mol. The minimum absolute atomic E-state index is 0.257. The van der Waals surface area contributed by atoms with Gasteiger partial charge in [-0.15, -0.1) is 11.3 Å². The molecule has 2 aromatic rings. The third-order valence-electron chi connectivity index (χ3n) is 2.14. The van der Waals surface area contributed by atoms with E-state index in [1.807, 2.05) is 19.3 Å². The maximum Gasteiger partial charge on any atom is 0.0735 e. The lowest BCUT2D eigenvalue weighted by atomic mass is 10.1. The first-order valence-corrected chi connectivity index (χ1v) is 6.03. The Balaban J connectivity index is 2.31. The van der Waals surface area contributed by atoms with Gasteiger partial charge in [-0.2, -0.15) is 0 Å². The second-order valence-corrected chi connectivity index (χ2v) is 5.32. The molecule has 1 unspecified atom stereocenters. The zero-order chi connectivity index (χ0) is 9.97. The van der Waals surface area contributed by atoms with E-state index in [0.717, 1.165) is 0 Å². The van der Waals surface area contributed by atoms with Crippen molar-refractivity contribution in [3.05, 3.63) is 44.8 Å². The van der Waals surface area contributed by atoms with Crippen molar-refractivity contribution < 1.29 is 0 Å². The molecule has 0 aliphatic heterocycles. The van der Waals surface area contributed by atoms with Crippen molar-refractivity contribution in [1.82, 2.24) is 10.3 Å². The van der Waals surface area contributed by atoms with Crippen LogP contribution in [0, 0.1) is 0 Å². The minimum atomic E-state index is 0.257. The predicted molar refractivity (Wildman–Crippen MR) is 63.7 cm³/mol. The van der Waals surface area contributed by atoms with Gasteiger partial charge in [0.05, 0.1) is 9.83 Å². The number of hydrogen-bond donors (Lipinski definition) is 2. The Morgan fingerprint density at radius 3 is 2.93 bits per heavy atom. The molecule has 2 N–H and O–H groups in total. The molecule has 2 heterocycles. The van der Waals surface area contributed by atoms with Crippen LogP contribution in [0.5, 0.6) is 0 Å². The summed E-state index contributed by atoms with van der Waals surface area (Å²) in [5, 5.41) is 5.45. The van der Waals surface area contributed by atoms with Crippen LogP contribution in [0.2, 0.25) is 0 Å². The molecule has 2 rings (SSSR count). The second-order valence-electron chi connectivity index (χ2n) is 3.03. The average molecular weight is 271 g/mol. The summed E-state index contributed by atoms with van der Waals surface area (Å²) in [6.45, 7) is 0. The Morgan fingerprint density at radius 1 is 1.57 bits per heavy atom. The summed E-state index contributed by atoms with van der Waals surface area (Å²) >= 11 is 5.18. The number of rotatable bonds is 3. The van der Waals surface area contributed by atoms with Gasteiger partial charge in [-0.25, -0.2) is 0 Å². The van der Waals surface area contributed by atoms with Crippen LogP contribution in [-0.4, -0.2) is 12.0 Å². The standard InChI is InChI=1S/C10H11BrN2S/c1-12-10(8-3-2-4-13-8)7-5-9(11)14-6-7/h2-6,10,12-13H,1H3. The summed E-state index contributed by atoms with van der Waals surface area (Å²) in [5.41, 5.74) is 2.48. The van der Waals surface area contributed by atoms with Gasteiger partial charge in [-0.05, 0) is 52.1 Å². The molecule has 2 aromatic heterocycles. The van der Waals surface area contributed by atoms with Crippen molar-refractivity contribution in [2.75, 3.05) is 7.05 Å². The summed E-state index contributed by atoms with van der Waals surface area (Å²) in [6.07, 6.45) is 1.95. The predicted octanol–water partition coefficient (Wildman–Crippen LogP) is 3.15. The van der Waals surface area contributed by atoms with Crippen LogP contribution in [0.1, 0.15) is 17.3 Å². The van der Waals surface area contributed by atoms with Gasteiger partial charge in [0.15, 0.2) is 0 Å². The lowest BCUT2D eigenvalue weighted by Gasteiger charge is -2.12. The smallest absolute Gasteiger partial charge is 0.0735 e. The topological polar surface area (TPSA) is 27.8 Å². The minimum Gasteiger partial charge on any atom is -0.363 e. The van der Waals surface area contributed by atoms with E-state index in [2.05, 4.69) is 43.7 Å². The Hall–Kier alpha value is -0.580. The third kappa shape index (κ3) is 1.92. The van der Waals surface area contributed by atoms with E-state index < -0.39 is 0 Å². The molecule has 0 fully saturated rings. The van der Waals surface area contributed by atoms with E-state index in [1.54, 1.807) is 11.3 Å². The van der Waals surface area contributed by atoms with Crippen molar-refractivity contribution in [1.29, 1.82) is 0 Å². The summed E-state index contributed by atoms with van der Waals surface area (Å²) in [5.74, 6) is 0. The fourth-order valence-corrected chi connectivity index (χ4v) is 2.70. The molecular formula is C10H11BrN2S. The van der Waals surface area contributed by atoms with E-state index in [4.69, 9.17) is 0 Å². The van der Waals surface area contributed by atoms with Gasteiger partial charge >= 0.3 is 0 Å². The van der Waals surface area contributed by atoms with Crippen molar-refractivity contribution in [3.63, 3.8) is 0 Å². The Labute approximate surface area is 95.5 Å². The SMILES string of the molecule is CNC(c1csc(Br)c1)c1ccc[nH]1. The molecule has 4 heteroatoms. The Kier molecular flexibility index (Phi) is 3.05. The Bertz CT molecular complexity index is 394. The van der Waals surface area contributed by atoms with E-state index in [0.29, 0.717) is 0 Å². The second kappa shape index (κ2) is 4.29. The molecule has 1 atom stereocenters. The number of aromatic nitrogens is 1. The van der Waals surface area contributed by atoms with Crippen LogP contribution >= 0.6 is 27.3 Å². The first-order valence-electron chi connectivity index (χ1n) is 4.35. The van der Waals surface area contributed by atoms with Crippen LogP contribution in [0.25, 0.3) is 0 Å². The molecule has 0 aliphatic rings. The number of nitrogens with one attached hydrogen (secondary N) is 2. The molecule has 0 spiro atoms. The normalized spacial score (nSPS) is 13.0. The monoisotopic (exact) mass is 270 g/mol. The maximum absolute atomic E-state index is 3.47. The number of hydrogen-bond acceptors (Lipinski definition) is 2. The molecule has 0 aromatic carbocycles. The van der Waals surface area contributed by atoms with E-state index in [9.17, 15) is 0 Å². The fourth-order valence-electron chi connectivity index (χ4n) is 1.50. The molecule has 0 aliphatic carbocycles. The quantitative estimate of drug-likeness (QED) is 0.881. The number of halogens is 1. The molecule has 0 bridgehead atoms. The van der Waals surface area contributed by atoms with E-state index in [1.165, 1.54) is 15.0 Å². The van der Waals surface area contributed by atoms with Crippen LogP contribution in [0.15, 0.2) is 33.6 Å². The van der Waals surface area contributed by atoms with Crippen molar-refractivity contribution >= 4 is 27.3 Å². The van der Waals surface area contributed by atoms with Crippen molar-refractivity contribution in [2.45, 2.75) is 6.04 Å². The first kappa shape index (κ1) is 9.96. The van der Waals surface area contributed by atoms with Gasteiger partial charge < -0.3 is 10.3 Å². The molecule has 2 nitrogen and oxygen atoms in total. The van der Waals surface area contributed by atoms with Crippen LogP contribution < -0.4 is 5.32 Å². The molecule has 0 radical (unpaired) electrons. The highest BCUT2D eigenvalue weighted by Gasteiger charge is 2.13. The summed E-state index contributed by atoms with van der Waals surface area (Å²) < 4.78 is 1.17. The Morgan fingerprint density at radius 2 is 2.43 bits per heavy atom. The summed E-state index contributed by atoms with van der Waals surface area (Å²) in [7, 11) is 1.97. The highest BCUT2D eigenvalue weighted by Crippen LogP contribution is 2.28. The average Bonchev–Trinajstić information content (AvgIpc) is 2.79. The van der Waals surface area contributed by atoms with Gasteiger partial charge in [-0.3, -0.25) is 0 Å². The molecule has 0 saturated carbocycles. The summed E-state index contributed by atoms with van der Waals surface area (Å²) in [6, 6.07) is 6.51. The number of H-pyrrole nitrogens is 1. The lowest BCUT2D eigenvalue weighted by molar-refractivity contribution is 0.677. The molecule has 14 heavy (non-hydrogen) atoms. The van der Waals surface area contributed by atoms with E-state index in [-0.39, 0.29) is 6.04 Å². The first-order chi connectivity index (χ1) is 6.81. The highest BCUT2D eigenvalue weighted by atomic mass is 79.9. The largest absolute Gasteiger partial charge is 0.363 e. The maximum atomic E-state index is 3.47.